The molecule has 2 fully saturated rings. The zero-order chi connectivity index (χ0) is 16.7. The third kappa shape index (κ3) is 3.04. The molecule has 0 atom stereocenters. The number of hydrogen-bond acceptors (Lipinski definition) is 4. The van der Waals surface area contributed by atoms with Gasteiger partial charge < -0.3 is 10.2 Å². The quantitative estimate of drug-likeness (QED) is 0.804. The SMILES string of the molecule is Cl.O=C(CN1C(=O)c2ccccc2C1=O)N1CCC2(CCNC2)CC1. The normalized spacial score (nSPS) is 21.4. The fourth-order valence-corrected chi connectivity index (χ4v) is 4.07. The smallest absolute Gasteiger partial charge is 0.262 e. The van der Waals surface area contributed by atoms with E-state index < -0.39 is 0 Å². The number of nitrogens with one attached hydrogen (secondary N) is 1. The number of benzene rings is 1. The lowest BCUT2D eigenvalue weighted by Gasteiger charge is -2.39. The van der Waals surface area contributed by atoms with E-state index in [1.54, 1.807) is 29.2 Å². The Bertz CT molecular complexity index is 670. The van der Waals surface area contributed by atoms with Gasteiger partial charge in [0.15, 0.2) is 0 Å². The third-order valence-corrected chi connectivity index (χ3v) is 5.68. The molecule has 134 valence electrons. The second-order valence-corrected chi connectivity index (χ2v) is 7.05. The van der Waals surface area contributed by atoms with Gasteiger partial charge >= 0.3 is 0 Å². The Morgan fingerprint density at radius 1 is 1.04 bits per heavy atom. The summed E-state index contributed by atoms with van der Waals surface area (Å²) in [7, 11) is 0. The van der Waals surface area contributed by atoms with Crippen molar-refractivity contribution in [2.45, 2.75) is 19.3 Å². The first kappa shape index (κ1) is 17.9. The lowest BCUT2D eigenvalue weighted by molar-refractivity contribution is -0.133. The predicted octanol–water partition coefficient (Wildman–Crippen LogP) is 1.31. The van der Waals surface area contributed by atoms with Gasteiger partial charge in [0.1, 0.15) is 6.54 Å². The van der Waals surface area contributed by atoms with E-state index in [9.17, 15) is 14.4 Å². The van der Waals surface area contributed by atoms with Gasteiger partial charge in [0.05, 0.1) is 11.1 Å². The molecular formula is C18H22ClN3O3. The van der Waals surface area contributed by atoms with Crippen LogP contribution in [0.2, 0.25) is 0 Å². The molecule has 0 unspecified atom stereocenters. The van der Waals surface area contributed by atoms with E-state index >= 15 is 0 Å². The van der Waals surface area contributed by atoms with Crippen molar-refractivity contribution in [3.05, 3.63) is 35.4 Å². The minimum absolute atomic E-state index is 0. The van der Waals surface area contributed by atoms with Crippen LogP contribution < -0.4 is 5.32 Å². The van der Waals surface area contributed by atoms with E-state index in [-0.39, 0.29) is 36.7 Å². The summed E-state index contributed by atoms with van der Waals surface area (Å²) in [6, 6.07) is 6.74. The number of amides is 3. The van der Waals surface area contributed by atoms with Crippen LogP contribution in [0.25, 0.3) is 0 Å². The Kier molecular flexibility index (Phi) is 4.84. The first-order valence-electron chi connectivity index (χ1n) is 8.53. The maximum Gasteiger partial charge on any atom is 0.262 e. The van der Waals surface area contributed by atoms with E-state index in [0.717, 1.165) is 30.8 Å². The maximum absolute atomic E-state index is 12.6. The summed E-state index contributed by atoms with van der Waals surface area (Å²) in [6.07, 6.45) is 3.16. The number of nitrogens with zero attached hydrogens (tertiary/aromatic N) is 2. The Balaban J connectivity index is 0.00000182. The van der Waals surface area contributed by atoms with Gasteiger partial charge in [-0.3, -0.25) is 19.3 Å². The molecule has 6 nitrogen and oxygen atoms in total. The molecule has 25 heavy (non-hydrogen) atoms. The van der Waals surface area contributed by atoms with Crippen molar-refractivity contribution in [1.29, 1.82) is 0 Å². The number of carbonyl (C=O) groups excluding carboxylic acids is 3. The molecule has 0 aliphatic carbocycles. The highest BCUT2D eigenvalue weighted by atomic mass is 35.5. The van der Waals surface area contributed by atoms with Crippen LogP contribution in [0.4, 0.5) is 0 Å². The third-order valence-electron chi connectivity index (χ3n) is 5.68. The molecule has 7 heteroatoms. The highest BCUT2D eigenvalue weighted by Crippen LogP contribution is 2.37. The molecule has 3 heterocycles. The molecule has 0 saturated carbocycles. The minimum Gasteiger partial charge on any atom is -0.341 e. The molecule has 1 aromatic rings. The summed E-state index contributed by atoms with van der Waals surface area (Å²) >= 11 is 0. The molecule has 1 N–H and O–H groups in total. The summed E-state index contributed by atoms with van der Waals surface area (Å²) < 4.78 is 0. The summed E-state index contributed by atoms with van der Waals surface area (Å²) in [5.74, 6) is -0.861. The van der Waals surface area contributed by atoms with E-state index in [2.05, 4.69) is 5.32 Å². The Morgan fingerprint density at radius 3 is 2.16 bits per heavy atom. The largest absolute Gasteiger partial charge is 0.341 e. The molecule has 0 bridgehead atoms. The second kappa shape index (κ2) is 6.77. The van der Waals surface area contributed by atoms with Gasteiger partial charge in [-0.05, 0) is 43.4 Å². The summed E-state index contributed by atoms with van der Waals surface area (Å²) in [5.41, 5.74) is 1.13. The van der Waals surface area contributed by atoms with E-state index in [4.69, 9.17) is 0 Å². The molecule has 0 radical (unpaired) electrons. The molecule has 3 aliphatic rings. The number of imide groups is 1. The highest BCUT2D eigenvalue weighted by molar-refractivity contribution is 6.22. The van der Waals surface area contributed by atoms with Gasteiger partial charge in [-0.25, -0.2) is 0 Å². The van der Waals surface area contributed by atoms with Crippen molar-refractivity contribution in [1.82, 2.24) is 15.1 Å². The van der Waals surface area contributed by atoms with Crippen molar-refractivity contribution in [3.63, 3.8) is 0 Å². The zero-order valence-electron chi connectivity index (χ0n) is 14.0. The van der Waals surface area contributed by atoms with Crippen molar-refractivity contribution < 1.29 is 14.4 Å². The maximum atomic E-state index is 12.6. The highest BCUT2D eigenvalue weighted by Gasteiger charge is 2.40. The zero-order valence-corrected chi connectivity index (χ0v) is 14.8. The Morgan fingerprint density at radius 2 is 1.64 bits per heavy atom. The van der Waals surface area contributed by atoms with Crippen molar-refractivity contribution in [2.75, 3.05) is 32.7 Å². The van der Waals surface area contributed by atoms with Crippen molar-refractivity contribution in [3.8, 4) is 0 Å². The summed E-state index contributed by atoms with van der Waals surface area (Å²) in [5, 5.41) is 3.41. The fraction of sp³-hybridized carbons (Fsp3) is 0.500. The van der Waals surface area contributed by atoms with Crippen LogP contribution in [0.5, 0.6) is 0 Å². The van der Waals surface area contributed by atoms with E-state index in [1.165, 1.54) is 6.42 Å². The van der Waals surface area contributed by atoms with Gasteiger partial charge in [-0.15, -0.1) is 12.4 Å². The predicted molar refractivity (Wildman–Crippen MR) is 94.8 cm³/mol. The fourth-order valence-electron chi connectivity index (χ4n) is 4.07. The molecule has 1 spiro atoms. The van der Waals surface area contributed by atoms with Gasteiger partial charge in [-0.1, -0.05) is 12.1 Å². The number of halogens is 1. The molecular weight excluding hydrogens is 342 g/mol. The topological polar surface area (TPSA) is 69.7 Å². The number of hydrogen-bond donors (Lipinski definition) is 1. The number of carbonyl (C=O) groups is 3. The molecule has 2 saturated heterocycles. The average Bonchev–Trinajstić information content (AvgIpc) is 3.15. The van der Waals surface area contributed by atoms with Crippen molar-refractivity contribution >= 4 is 30.1 Å². The second-order valence-electron chi connectivity index (χ2n) is 7.05. The van der Waals surface area contributed by atoms with E-state index in [1.807, 2.05) is 0 Å². The standard InChI is InChI=1S/C18H21N3O3.ClH/c22-15(20-9-6-18(7-10-20)5-8-19-12-18)11-21-16(23)13-3-1-2-4-14(13)17(21)24;/h1-4,19H,5-12H2;1H. The average molecular weight is 364 g/mol. The number of likely N-dealkylation sites (tertiary alicyclic amines) is 1. The van der Waals surface area contributed by atoms with Crippen LogP contribution in [0.15, 0.2) is 24.3 Å². The monoisotopic (exact) mass is 363 g/mol. The van der Waals surface area contributed by atoms with Crippen LogP contribution >= 0.6 is 12.4 Å². The van der Waals surface area contributed by atoms with Gasteiger partial charge in [0, 0.05) is 19.6 Å². The minimum atomic E-state index is -0.363. The molecule has 1 aromatic carbocycles. The molecule has 3 amide bonds. The van der Waals surface area contributed by atoms with Crippen LogP contribution in [-0.4, -0.2) is 60.2 Å². The van der Waals surface area contributed by atoms with Crippen LogP contribution in [-0.2, 0) is 4.79 Å². The summed E-state index contributed by atoms with van der Waals surface area (Å²) in [6.45, 7) is 3.36. The number of piperidine rings is 1. The Labute approximate surface area is 153 Å². The molecule has 3 aliphatic heterocycles. The van der Waals surface area contributed by atoms with Gasteiger partial charge in [0.25, 0.3) is 11.8 Å². The van der Waals surface area contributed by atoms with Gasteiger partial charge in [-0.2, -0.15) is 0 Å². The first-order chi connectivity index (χ1) is 11.6. The first-order valence-corrected chi connectivity index (χ1v) is 8.53. The van der Waals surface area contributed by atoms with Gasteiger partial charge in [0.2, 0.25) is 5.91 Å². The van der Waals surface area contributed by atoms with Crippen LogP contribution in [0.3, 0.4) is 0 Å². The van der Waals surface area contributed by atoms with Crippen LogP contribution in [0, 0.1) is 5.41 Å². The molecule has 4 rings (SSSR count). The number of rotatable bonds is 2. The lowest BCUT2D eigenvalue weighted by atomic mass is 9.78. The molecule has 0 aromatic heterocycles. The summed E-state index contributed by atoms with van der Waals surface area (Å²) in [4.78, 5) is 40.2. The number of fused-ring (bicyclic) bond motifs is 1. The Hall–Kier alpha value is -1.92. The van der Waals surface area contributed by atoms with Crippen molar-refractivity contribution in [2.24, 2.45) is 5.41 Å². The van der Waals surface area contributed by atoms with E-state index in [0.29, 0.717) is 29.6 Å². The van der Waals surface area contributed by atoms with Crippen LogP contribution in [0.1, 0.15) is 40.0 Å². The lowest BCUT2D eigenvalue weighted by Crippen LogP contribution is -2.48.